The van der Waals surface area contributed by atoms with Gasteiger partial charge in [-0.25, -0.2) is 0 Å². The summed E-state index contributed by atoms with van der Waals surface area (Å²) in [6.45, 7) is 4.92. The van der Waals surface area contributed by atoms with Crippen LogP contribution in [-0.4, -0.2) is 47.4 Å². The third-order valence-electron chi connectivity index (χ3n) is 17.2. The zero-order valence-electron chi connectivity index (χ0n) is 54.8. The van der Waals surface area contributed by atoms with Crippen molar-refractivity contribution in [1.82, 2.24) is 5.32 Å². The second kappa shape index (κ2) is 70.6. The van der Waals surface area contributed by atoms with Crippen LogP contribution in [-0.2, 0) is 14.3 Å². The van der Waals surface area contributed by atoms with Gasteiger partial charge in [-0.3, -0.25) is 9.59 Å². The van der Waals surface area contributed by atoms with Crippen LogP contribution in [0.25, 0.3) is 0 Å². The molecule has 0 bridgehead atoms. The van der Waals surface area contributed by atoms with Crippen LogP contribution >= 0.6 is 0 Å². The summed E-state index contributed by atoms with van der Waals surface area (Å²) in [6.07, 6.45) is 90.8. The molecule has 0 heterocycles. The Bertz CT molecular complexity index is 1310. The first-order valence-corrected chi connectivity index (χ1v) is 36.8. The molecule has 3 N–H and O–H groups in total. The van der Waals surface area contributed by atoms with Gasteiger partial charge in [-0.15, -0.1) is 0 Å². The zero-order valence-corrected chi connectivity index (χ0v) is 54.8. The third-order valence-corrected chi connectivity index (χ3v) is 17.2. The Morgan fingerprint density at radius 2 is 0.617 bits per heavy atom. The van der Waals surface area contributed by atoms with Gasteiger partial charge in [0.2, 0.25) is 5.91 Å². The van der Waals surface area contributed by atoms with E-state index in [0.717, 1.165) is 51.4 Å². The van der Waals surface area contributed by atoms with Crippen LogP contribution in [0.2, 0.25) is 0 Å². The van der Waals surface area contributed by atoms with Crippen molar-refractivity contribution in [2.75, 3.05) is 13.2 Å². The number of esters is 1. The van der Waals surface area contributed by atoms with Crippen LogP contribution in [0.3, 0.4) is 0 Å². The Kier molecular flexibility index (Phi) is 68.9. The van der Waals surface area contributed by atoms with Crippen LogP contribution in [0.4, 0.5) is 0 Å². The number of aliphatic hydroxyl groups excluding tert-OH is 2. The van der Waals surface area contributed by atoms with Crippen molar-refractivity contribution in [2.45, 2.75) is 418 Å². The fourth-order valence-electron chi connectivity index (χ4n) is 11.6. The van der Waals surface area contributed by atoms with Crippen molar-refractivity contribution >= 4 is 11.9 Å². The number of allylic oxidation sites excluding steroid dienone is 5. The predicted molar refractivity (Wildman–Crippen MR) is 356 cm³/mol. The Labute approximate surface area is 506 Å². The van der Waals surface area contributed by atoms with Gasteiger partial charge < -0.3 is 20.3 Å². The molecule has 1 amide bonds. The van der Waals surface area contributed by atoms with Gasteiger partial charge in [0, 0.05) is 12.8 Å². The lowest BCUT2D eigenvalue weighted by molar-refractivity contribution is -0.143. The highest BCUT2D eigenvalue weighted by atomic mass is 16.5. The molecule has 0 aromatic rings. The van der Waals surface area contributed by atoms with E-state index in [-0.39, 0.29) is 18.5 Å². The molecule has 0 fully saturated rings. The molecule has 0 spiro atoms. The molecule has 0 aliphatic heterocycles. The average Bonchev–Trinajstić information content (AvgIpc) is 3.47. The maximum absolute atomic E-state index is 12.5. The highest BCUT2D eigenvalue weighted by molar-refractivity contribution is 5.76. The lowest BCUT2D eigenvalue weighted by atomic mass is 10.0. The summed E-state index contributed by atoms with van der Waals surface area (Å²) < 4.78 is 5.50. The van der Waals surface area contributed by atoms with E-state index in [4.69, 9.17) is 4.74 Å². The van der Waals surface area contributed by atoms with Gasteiger partial charge in [-0.1, -0.05) is 365 Å². The number of carbonyl (C=O) groups is 2. The molecule has 0 aromatic heterocycles. The lowest BCUT2D eigenvalue weighted by Gasteiger charge is -2.20. The largest absolute Gasteiger partial charge is 0.466 e. The fourth-order valence-corrected chi connectivity index (χ4v) is 11.6. The SMILES string of the molecule is CCCCCC/C=C\C/C=C\CCCCCCCCCC(=O)OCCCCCCCCCCCCCCCCCCCCCCCCCCC(=O)NC(CO)C(O)/C=C/CCCCCCCCCCCCCCCCCCCCCC. The minimum Gasteiger partial charge on any atom is -0.466 e. The summed E-state index contributed by atoms with van der Waals surface area (Å²) >= 11 is 0. The molecule has 0 aliphatic carbocycles. The number of hydrogen-bond donors (Lipinski definition) is 3. The molecule has 0 rings (SSSR count). The second-order valence-corrected chi connectivity index (χ2v) is 25.3. The first-order valence-electron chi connectivity index (χ1n) is 36.8. The van der Waals surface area contributed by atoms with Crippen molar-refractivity contribution in [3.8, 4) is 0 Å². The molecule has 0 radical (unpaired) electrons. The molecular weight excluding hydrogens is 995 g/mol. The number of unbranched alkanes of at least 4 members (excludes halogenated alkanes) is 54. The molecular formula is C75H143NO5. The Balaban J connectivity index is 3.39. The van der Waals surface area contributed by atoms with Crippen LogP contribution in [0.5, 0.6) is 0 Å². The molecule has 6 heteroatoms. The van der Waals surface area contributed by atoms with Gasteiger partial charge in [-0.2, -0.15) is 0 Å². The minimum absolute atomic E-state index is 0.00835. The second-order valence-electron chi connectivity index (χ2n) is 25.3. The molecule has 0 saturated carbocycles. The van der Waals surface area contributed by atoms with E-state index in [1.165, 1.54) is 327 Å². The molecule has 2 atom stereocenters. The summed E-state index contributed by atoms with van der Waals surface area (Å²) in [4.78, 5) is 24.6. The maximum Gasteiger partial charge on any atom is 0.305 e. The Hall–Kier alpha value is -1.92. The number of amides is 1. The molecule has 0 aliphatic rings. The fraction of sp³-hybridized carbons (Fsp3) is 0.893. The summed E-state index contributed by atoms with van der Waals surface area (Å²) in [5.74, 6) is -0.0545. The van der Waals surface area contributed by atoms with E-state index < -0.39 is 12.1 Å². The normalized spacial score (nSPS) is 12.7. The van der Waals surface area contributed by atoms with Crippen molar-refractivity contribution < 1.29 is 24.5 Å². The van der Waals surface area contributed by atoms with Gasteiger partial charge >= 0.3 is 5.97 Å². The molecule has 0 aromatic carbocycles. The first-order chi connectivity index (χ1) is 40.0. The molecule has 478 valence electrons. The molecule has 6 nitrogen and oxygen atoms in total. The van der Waals surface area contributed by atoms with Crippen LogP contribution < -0.4 is 5.32 Å². The van der Waals surface area contributed by atoms with Gasteiger partial charge in [0.25, 0.3) is 0 Å². The van der Waals surface area contributed by atoms with Gasteiger partial charge in [0.15, 0.2) is 0 Å². The number of nitrogens with one attached hydrogen (secondary N) is 1. The molecule has 0 saturated heterocycles. The van der Waals surface area contributed by atoms with Gasteiger partial charge in [-0.05, 0) is 64.2 Å². The van der Waals surface area contributed by atoms with E-state index in [1.807, 2.05) is 6.08 Å². The first kappa shape index (κ1) is 79.1. The number of hydrogen-bond acceptors (Lipinski definition) is 5. The topological polar surface area (TPSA) is 95.9 Å². The quantitative estimate of drug-likeness (QED) is 0.0320. The predicted octanol–water partition coefficient (Wildman–Crippen LogP) is 23.9. The Morgan fingerprint density at radius 1 is 0.346 bits per heavy atom. The van der Waals surface area contributed by atoms with Gasteiger partial charge in [0.05, 0.1) is 25.4 Å². The van der Waals surface area contributed by atoms with Crippen LogP contribution in [0, 0.1) is 0 Å². The standard InChI is InChI=1S/C75H143NO5/c1-3-5-7-9-11-13-15-17-19-21-23-24-29-32-35-39-43-47-51-55-59-63-67-73(78)72(71-77)76-74(79)68-64-60-56-52-48-44-40-36-33-30-27-25-26-28-31-34-38-42-46-50-54-58-62-66-70-81-75(80)69-65-61-57-53-49-45-41-37-22-20-18-16-14-12-10-8-6-4-2/h14,16,20,22,63,67,72-73,77-78H,3-13,15,17-19,21,23-62,64-66,68-71H2,1-2H3,(H,76,79)/b16-14-,22-20-,67-63+. The van der Waals surface area contributed by atoms with Crippen molar-refractivity contribution in [2.24, 2.45) is 0 Å². The molecule has 81 heavy (non-hydrogen) atoms. The molecule has 2 unspecified atom stereocenters. The van der Waals surface area contributed by atoms with Crippen molar-refractivity contribution in [1.29, 1.82) is 0 Å². The minimum atomic E-state index is -0.845. The smallest absolute Gasteiger partial charge is 0.305 e. The van der Waals surface area contributed by atoms with E-state index >= 15 is 0 Å². The highest BCUT2D eigenvalue weighted by Crippen LogP contribution is 2.19. The maximum atomic E-state index is 12.5. The summed E-state index contributed by atoms with van der Waals surface area (Å²) in [7, 11) is 0. The summed E-state index contributed by atoms with van der Waals surface area (Å²) in [6, 6.07) is -0.629. The third kappa shape index (κ3) is 67.1. The highest BCUT2D eigenvalue weighted by Gasteiger charge is 2.18. The zero-order chi connectivity index (χ0) is 58.5. The lowest BCUT2D eigenvalue weighted by Crippen LogP contribution is -2.45. The van der Waals surface area contributed by atoms with Crippen molar-refractivity contribution in [3.63, 3.8) is 0 Å². The van der Waals surface area contributed by atoms with Crippen LogP contribution in [0.1, 0.15) is 406 Å². The number of rotatable bonds is 69. The van der Waals surface area contributed by atoms with Gasteiger partial charge in [0.1, 0.15) is 0 Å². The Morgan fingerprint density at radius 3 is 0.951 bits per heavy atom. The van der Waals surface area contributed by atoms with Crippen LogP contribution in [0.15, 0.2) is 36.5 Å². The van der Waals surface area contributed by atoms with Crippen molar-refractivity contribution in [3.05, 3.63) is 36.5 Å². The monoisotopic (exact) mass is 1140 g/mol. The van der Waals surface area contributed by atoms with E-state index in [1.54, 1.807) is 6.08 Å². The summed E-state index contributed by atoms with van der Waals surface area (Å²) in [5.41, 5.74) is 0. The number of aliphatic hydroxyl groups is 2. The number of ether oxygens (including phenoxy) is 1. The number of carbonyl (C=O) groups excluding carboxylic acids is 2. The summed E-state index contributed by atoms with van der Waals surface area (Å²) in [5, 5.41) is 23.3. The van der Waals surface area contributed by atoms with E-state index in [0.29, 0.717) is 19.4 Å². The van der Waals surface area contributed by atoms with E-state index in [2.05, 4.69) is 43.5 Å². The average molecular weight is 1140 g/mol. The van der Waals surface area contributed by atoms with E-state index in [9.17, 15) is 19.8 Å².